The van der Waals surface area contributed by atoms with Crippen molar-refractivity contribution in [3.8, 4) is 0 Å². The van der Waals surface area contributed by atoms with Crippen molar-refractivity contribution in [1.82, 2.24) is 0 Å². The van der Waals surface area contributed by atoms with Gasteiger partial charge in [0.1, 0.15) is 0 Å². The molecule has 0 spiro atoms. The van der Waals surface area contributed by atoms with Crippen molar-refractivity contribution in [2.24, 2.45) is 0 Å². The van der Waals surface area contributed by atoms with E-state index in [4.69, 9.17) is 12.3 Å². The largest absolute Gasteiger partial charge is 0.425 e. The van der Waals surface area contributed by atoms with Crippen LogP contribution in [0.2, 0.25) is 0 Å². The highest BCUT2D eigenvalue weighted by Crippen LogP contribution is 1.78. The van der Waals surface area contributed by atoms with E-state index >= 15 is 0 Å². The minimum atomic E-state index is -0.493. The van der Waals surface area contributed by atoms with Crippen LogP contribution >= 0.6 is 0 Å². The third-order valence-corrected chi connectivity index (χ3v) is 4.50. The standard InChI is InChI=1S/C2H6.H6O3Si3/c1-2;1-4-2-6-3-5-1/h1-2H3;4-6H2. The Hall–Kier alpha value is 0.531. The van der Waals surface area contributed by atoms with Gasteiger partial charge < -0.3 is 12.3 Å². The summed E-state index contributed by atoms with van der Waals surface area (Å²) < 4.78 is 14.8. The van der Waals surface area contributed by atoms with Crippen LogP contribution in [0.15, 0.2) is 0 Å². The number of hydrogen-bond acceptors (Lipinski definition) is 3. The fraction of sp³-hybridized carbons (Fsp3) is 1.00. The zero-order valence-corrected chi connectivity index (χ0v) is 9.59. The lowest BCUT2D eigenvalue weighted by molar-refractivity contribution is 0.347. The van der Waals surface area contributed by atoms with Crippen LogP contribution in [0, 0.1) is 0 Å². The summed E-state index contributed by atoms with van der Waals surface area (Å²) in [6.45, 7) is 4.00. The zero-order chi connectivity index (χ0) is 6.24. The average Bonchev–Trinajstić information content (AvgIpc) is 1.96. The Balaban J connectivity index is 0.000000222. The van der Waals surface area contributed by atoms with E-state index in [1.807, 2.05) is 13.8 Å². The van der Waals surface area contributed by atoms with Gasteiger partial charge in [-0.1, -0.05) is 13.8 Å². The van der Waals surface area contributed by atoms with Crippen molar-refractivity contribution >= 4 is 30.0 Å². The molecule has 0 aromatic heterocycles. The lowest BCUT2D eigenvalue weighted by Crippen LogP contribution is -2.23. The molecule has 0 radical (unpaired) electrons. The fourth-order valence-electron chi connectivity index (χ4n) is 0.279. The van der Waals surface area contributed by atoms with Gasteiger partial charge in [0.25, 0.3) is 30.0 Å². The Morgan fingerprint density at radius 3 is 1.12 bits per heavy atom. The summed E-state index contributed by atoms with van der Waals surface area (Å²) >= 11 is 0. The van der Waals surface area contributed by atoms with Gasteiger partial charge in [0.05, 0.1) is 0 Å². The van der Waals surface area contributed by atoms with Crippen molar-refractivity contribution in [2.45, 2.75) is 13.8 Å². The fourth-order valence-corrected chi connectivity index (χ4v) is 5.69. The van der Waals surface area contributed by atoms with E-state index in [-0.39, 0.29) is 0 Å². The third kappa shape index (κ3) is 4.68. The molecule has 1 fully saturated rings. The van der Waals surface area contributed by atoms with Crippen LogP contribution in [0.4, 0.5) is 0 Å². The lowest BCUT2D eigenvalue weighted by atomic mass is 11.0. The Kier molecular flexibility index (Phi) is 8.03. The second-order valence-electron chi connectivity index (χ2n) is 0.966. The first-order valence-electron chi connectivity index (χ1n) is 2.73. The molecular weight excluding hydrogens is 156 g/mol. The van der Waals surface area contributed by atoms with Crippen LogP contribution in [-0.2, 0) is 12.3 Å². The highest BCUT2D eigenvalue weighted by Gasteiger charge is 1.96. The molecule has 0 bridgehead atoms. The molecule has 50 valence electrons. The molecule has 1 saturated heterocycles. The predicted octanol–water partition coefficient (Wildman–Crippen LogP) is -1.93. The molecule has 0 aromatic carbocycles. The Labute approximate surface area is 56.9 Å². The summed E-state index contributed by atoms with van der Waals surface area (Å²) in [5, 5.41) is 0. The third-order valence-electron chi connectivity index (χ3n) is 0.500. The number of rotatable bonds is 0. The van der Waals surface area contributed by atoms with Gasteiger partial charge in [-0.3, -0.25) is 0 Å². The topological polar surface area (TPSA) is 27.7 Å². The van der Waals surface area contributed by atoms with Gasteiger partial charge in [-0.15, -0.1) is 0 Å². The zero-order valence-electron chi connectivity index (χ0n) is 5.35. The summed E-state index contributed by atoms with van der Waals surface area (Å²) in [5.41, 5.74) is 0. The van der Waals surface area contributed by atoms with Crippen molar-refractivity contribution in [1.29, 1.82) is 0 Å². The average molecular weight is 168 g/mol. The molecule has 0 N–H and O–H groups in total. The van der Waals surface area contributed by atoms with Crippen LogP contribution in [0.3, 0.4) is 0 Å². The van der Waals surface area contributed by atoms with E-state index in [1.54, 1.807) is 0 Å². The SMILES string of the molecule is CC.O1[SiH2]O[SiH2]O[SiH2]1. The smallest absolute Gasteiger partial charge is 0.286 e. The molecule has 0 aliphatic carbocycles. The Bertz CT molecular complexity index is 28.0. The minimum absolute atomic E-state index is 0.493. The monoisotopic (exact) mass is 168 g/mol. The summed E-state index contributed by atoms with van der Waals surface area (Å²) in [7, 11) is -1.48. The van der Waals surface area contributed by atoms with Gasteiger partial charge in [-0.2, -0.15) is 0 Å². The normalized spacial score (nSPS) is 27.8. The summed E-state index contributed by atoms with van der Waals surface area (Å²) in [5.74, 6) is 0. The van der Waals surface area contributed by atoms with E-state index < -0.39 is 30.0 Å². The highest BCUT2D eigenvalue weighted by atomic mass is 28.4. The summed E-state index contributed by atoms with van der Waals surface area (Å²) in [6, 6.07) is 0. The summed E-state index contributed by atoms with van der Waals surface area (Å²) in [4.78, 5) is 0. The molecule has 3 nitrogen and oxygen atoms in total. The molecule has 0 unspecified atom stereocenters. The van der Waals surface area contributed by atoms with Gasteiger partial charge in [0, 0.05) is 0 Å². The van der Waals surface area contributed by atoms with E-state index in [2.05, 4.69) is 0 Å². The van der Waals surface area contributed by atoms with Crippen LogP contribution in [0.1, 0.15) is 13.8 Å². The van der Waals surface area contributed by atoms with Crippen molar-refractivity contribution in [2.75, 3.05) is 0 Å². The van der Waals surface area contributed by atoms with Crippen molar-refractivity contribution in [3.63, 3.8) is 0 Å². The molecular formula is C2H12O3Si3. The molecule has 0 aromatic rings. The van der Waals surface area contributed by atoms with Crippen LogP contribution in [0.25, 0.3) is 0 Å². The van der Waals surface area contributed by atoms with E-state index in [0.717, 1.165) is 0 Å². The maximum atomic E-state index is 4.94. The van der Waals surface area contributed by atoms with E-state index in [1.165, 1.54) is 0 Å². The molecule has 1 rings (SSSR count). The molecule has 8 heavy (non-hydrogen) atoms. The first-order valence-corrected chi connectivity index (χ1v) is 6.20. The Morgan fingerprint density at radius 1 is 0.750 bits per heavy atom. The van der Waals surface area contributed by atoms with Crippen LogP contribution in [-0.4, -0.2) is 30.0 Å². The van der Waals surface area contributed by atoms with Crippen LogP contribution in [0.5, 0.6) is 0 Å². The second-order valence-corrected chi connectivity index (χ2v) is 6.57. The predicted molar refractivity (Wildman–Crippen MR) is 40.2 cm³/mol. The van der Waals surface area contributed by atoms with Gasteiger partial charge >= 0.3 is 0 Å². The minimum Gasteiger partial charge on any atom is -0.425 e. The molecule has 1 heterocycles. The van der Waals surface area contributed by atoms with Gasteiger partial charge in [0.2, 0.25) is 0 Å². The number of hydrogen-bond donors (Lipinski definition) is 0. The first kappa shape index (κ1) is 8.53. The van der Waals surface area contributed by atoms with Crippen LogP contribution < -0.4 is 0 Å². The Morgan fingerprint density at radius 2 is 1.00 bits per heavy atom. The van der Waals surface area contributed by atoms with Gasteiger partial charge in [0.15, 0.2) is 0 Å². The molecule has 1 aliphatic heterocycles. The maximum Gasteiger partial charge on any atom is 0.286 e. The first-order chi connectivity index (χ1) is 4.00. The van der Waals surface area contributed by atoms with Gasteiger partial charge in [-0.25, -0.2) is 0 Å². The maximum absolute atomic E-state index is 4.94. The molecule has 0 atom stereocenters. The van der Waals surface area contributed by atoms with Crippen molar-refractivity contribution < 1.29 is 12.3 Å². The lowest BCUT2D eigenvalue weighted by Gasteiger charge is -2.10. The molecule has 1 aliphatic rings. The molecule has 0 saturated carbocycles. The summed E-state index contributed by atoms with van der Waals surface area (Å²) in [6.07, 6.45) is 0. The molecule has 0 amide bonds. The van der Waals surface area contributed by atoms with Gasteiger partial charge in [-0.05, 0) is 0 Å². The van der Waals surface area contributed by atoms with Crippen molar-refractivity contribution in [3.05, 3.63) is 0 Å². The second kappa shape index (κ2) is 7.53. The van der Waals surface area contributed by atoms with E-state index in [0.29, 0.717) is 0 Å². The highest BCUT2D eigenvalue weighted by molar-refractivity contribution is 6.50. The van der Waals surface area contributed by atoms with E-state index in [9.17, 15) is 0 Å². The molecule has 6 heteroatoms. The quantitative estimate of drug-likeness (QED) is 0.395.